The molecule has 0 aromatic heterocycles. The highest BCUT2D eigenvalue weighted by molar-refractivity contribution is 5.85. The molecular weight excluding hydrogens is 184 g/mol. The number of nitrogens with zero attached hydrogens (tertiary/aromatic N) is 1. The Hall–Kier alpha value is 0.210. The number of hydrogen-bond acceptors (Lipinski definition) is 2. The second-order valence-corrected chi connectivity index (χ2v) is 3.91. The first kappa shape index (κ1) is 13.2. The minimum absolute atomic E-state index is 0. The van der Waals surface area contributed by atoms with E-state index in [-0.39, 0.29) is 12.4 Å². The van der Waals surface area contributed by atoms with Gasteiger partial charge in [-0.2, -0.15) is 0 Å². The average Bonchev–Trinajstić information content (AvgIpc) is 2.53. The molecule has 0 aromatic rings. The molecule has 1 unspecified atom stereocenters. The van der Waals surface area contributed by atoms with E-state index in [1.807, 2.05) is 0 Å². The first-order valence-electron chi connectivity index (χ1n) is 5.25. The first-order valence-corrected chi connectivity index (χ1v) is 5.25. The zero-order valence-corrected chi connectivity index (χ0v) is 9.70. The summed E-state index contributed by atoms with van der Waals surface area (Å²) in [4.78, 5) is 2.45. The Labute approximate surface area is 88.5 Å². The molecule has 80 valence electrons. The van der Waals surface area contributed by atoms with E-state index >= 15 is 0 Å². The molecule has 3 heteroatoms. The van der Waals surface area contributed by atoms with Gasteiger partial charge in [-0.05, 0) is 39.4 Å². The minimum atomic E-state index is 0. The predicted molar refractivity (Wildman–Crippen MR) is 60.7 cm³/mol. The van der Waals surface area contributed by atoms with E-state index < -0.39 is 0 Å². The van der Waals surface area contributed by atoms with Gasteiger partial charge in [0, 0.05) is 12.6 Å². The average molecular weight is 207 g/mol. The van der Waals surface area contributed by atoms with Crippen molar-refractivity contribution in [3.05, 3.63) is 0 Å². The number of unbranched alkanes of at least 4 members (excludes halogenated alkanes) is 1. The van der Waals surface area contributed by atoms with Crippen LogP contribution in [0.4, 0.5) is 0 Å². The number of likely N-dealkylation sites (N-methyl/N-ethyl adjacent to an activating group) is 1. The second-order valence-electron chi connectivity index (χ2n) is 3.91. The van der Waals surface area contributed by atoms with Gasteiger partial charge in [0.15, 0.2) is 0 Å². The lowest BCUT2D eigenvalue weighted by molar-refractivity contribution is 0.296. The monoisotopic (exact) mass is 206 g/mol. The molecule has 0 saturated carbocycles. The van der Waals surface area contributed by atoms with Crippen LogP contribution in [-0.2, 0) is 0 Å². The van der Waals surface area contributed by atoms with Crippen LogP contribution in [0.15, 0.2) is 0 Å². The van der Waals surface area contributed by atoms with Crippen molar-refractivity contribution in [3.63, 3.8) is 0 Å². The van der Waals surface area contributed by atoms with Gasteiger partial charge in [0.05, 0.1) is 0 Å². The Morgan fingerprint density at radius 3 is 2.77 bits per heavy atom. The van der Waals surface area contributed by atoms with E-state index in [4.69, 9.17) is 0 Å². The topological polar surface area (TPSA) is 15.3 Å². The molecule has 0 aromatic carbocycles. The van der Waals surface area contributed by atoms with E-state index in [2.05, 4.69) is 24.2 Å². The summed E-state index contributed by atoms with van der Waals surface area (Å²) in [6.07, 6.45) is 5.38. The maximum absolute atomic E-state index is 3.52. The molecule has 1 fully saturated rings. The minimum Gasteiger partial charge on any atom is -0.313 e. The molecule has 1 aliphatic heterocycles. The number of rotatable bonds is 5. The van der Waals surface area contributed by atoms with Crippen LogP contribution in [0, 0.1) is 0 Å². The Bertz CT molecular complexity index is 113. The van der Waals surface area contributed by atoms with Crippen LogP contribution in [0.3, 0.4) is 0 Å². The number of nitrogens with one attached hydrogen (secondary N) is 1. The molecule has 0 radical (unpaired) electrons. The van der Waals surface area contributed by atoms with E-state index in [1.54, 1.807) is 0 Å². The van der Waals surface area contributed by atoms with Crippen molar-refractivity contribution < 1.29 is 0 Å². The summed E-state index contributed by atoms with van der Waals surface area (Å²) < 4.78 is 0. The molecular formula is C10H23ClN2. The van der Waals surface area contributed by atoms with Crippen LogP contribution in [-0.4, -0.2) is 37.6 Å². The molecule has 1 atom stereocenters. The van der Waals surface area contributed by atoms with Crippen LogP contribution in [0.5, 0.6) is 0 Å². The molecule has 1 rings (SSSR count). The SMILES string of the molecule is CCCCN(C)CC1CCCN1.Cl. The predicted octanol–water partition coefficient (Wildman–Crippen LogP) is 1.89. The standard InChI is InChI=1S/C10H22N2.ClH/c1-3-4-8-12(2)9-10-6-5-7-11-10;/h10-11H,3-9H2,1-2H3;1H. The van der Waals surface area contributed by atoms with Gasteiger partial charge in [0.2, 0.25) is 0 Å². The van der Waals surface area contributed by atoms with Crippen LogP contribution < -0.4 is 5.32 Å². The quantitative estimate of drug-likeness (QED) is 0.739. The zero-order chi connectivity index (χ0) is 8.81. The molecule has 13 heavy (non-hydrogen) atoms. The van der Waals surface area contributed by atoms with Crippen molar-refractivity contribution in [1.29, 1.82) is 0 Å². The highest BCUT2D eigenvalue weighted by Crippen LogP contribution is 2.06. The van der Waals surface area contributed by atoms with Crippen molar-refractivity contribution in [2.24, 2.45) is 0 Å². The molecule has 0 amide bonds. The van der Waals surface area contributed by atoms with E-state index in [1.165, 1.54) is 45.3 Å². The maximum Gasteiger partial charge on any atom is 0.0195 e. The van der Waals surface area contributed by atoms with Crippen LogP contribution in [0.25, 0.3) is 0 Å². The van der Waals surface area contributed by atoms with Gasteiger partial charge >= 0.3 is 0 Å². The van der Waals surface area contributed by atoms with Crippen molar-refractivity contribution in [2.75, 3.05) is 26.7 Å². The van der Waals surface area contributed by atoms with E-state index in [0.29, 0.717) is 0 Å². The molecule has 1 N–H and O–H groups in total. The first-order chi connectivity index (χ1) is 5.83. The Morgan fingerprint density at radius 2 is 2.23 bits per heavy atom. The highest BCUT2D eigenvalue weighted by Gasteiger charge is 2.14. The van der Waals surface area contributed by atoms with Gasteiger partial charge < -0.3 is 10.2 Å². The largest absolute Gasteiger partial charge is 0.313 e. The molecule has 0 bridgehead atoms. The fourth-order valence-electron chi connectivity index (χ4n) is 1.81. The smallest absolute Gasteiger partial charge is 0.0195 e. The zero-order valence-electron chi connectivity index (χ0n) is 8.88. The molecule has 0 aliphatic carbocycles. The molecule has 1 heterocycles. The Morgan fingerprint density at radius 1 is 1.46 bits per heavy atom. The van der Waals surface area contributed by atoms with E-state index in [0.717, 1.165) is 6.04 Å². The van der Waals surface area contributed by atoms with Gasteiger partial charge in [0.25, 0.3) is 0 Å². The van der Waals surface area contributed by atoms with Crippen LogP contribution in [0.2, 0.25) is 0 Å². The summed E-state index contributed by atoms with van der Waals surface area (Å²) >= 11 is 0. The van der Waals surface area contributed by atoms with Gasteiger partial charge in [-0.15, -0.1) is 12.4 Å². The van der Waals surface area contributed by atoms with Gasteiger partial charge in [0.1, 0.15) is 0 Å². The van der Waals surface area contributed by atoms with Crippen LogP contribution >= 0.6 is 12.4 Å². The Balaban J connectivity index is 0.00000144. The highest BCUT2D eigenvalue weighted by atomic mass is 35.5. The maximum atomic E-state index is 3.52. The summed E-state index contributed by atoms with van der Waals surface area (Å²) in [7, 11) is 2.23. The van der Waals surface area contributed by atoms with Gasteiger partial charge in [-0.3, -0.25) is 0 Å². The van der Waals surface area contributed by atoms with Gasteiger partial charge in [-0.1, -0.05) is 13.3 Å². The molecule has 1 aliphatic rings. The summed E-state index contributed by atoms with van der Waals surface area (Å²) in [6.45, 7) is 5.97. The van der Waals surface area contributed by atoms with Gasteiger partial charge in [-0.25, -0.2) is 0 Å². The van der Waals surface area contributed by atoms with Crippen molar-refractivity contribution in [2.45, 2.75) is 38.6 Å². The molecule has 0 spiro atoms. The fourth-order valence-corrected chi connectivity index (χ4v) is 1.81. The third kappa shape index (κ3) is 5.50. The third-order valence-corrected chi connectivity index (χ3v) is 2.59. The lowest BCUT2D eigenvalue weighted by Gasteiger charge is -2.20. The number of halogens is 1. The van der Waals surface area contributed by atoms with Crippen LogP contribution in [0.1, 0.15) is 32.6 Å². The van der Waals surface area contributed by atoms with Crippen molar-refractivity contribution in [1.82, 2.24) is 10.2 Å². The Kier molecular flexibility index (Phi) is 7.72. The fraction of sp³-hybridized carbons (Fsp3) is 1.00. The van der Waals surface area contributed by atoms with E-state index in [9.17, 15) is 0 Å². The normalized spacial score (nSPS) is 21.9. The summed E-state index contributed by atoms with van der Waals surface area (Å²) in [5, 5.41) is 3.52. The lowest BCUT2D eigenvalue weighted by Crippen LogP contribution is -2.35. The third-order valence-electron chi connectivity index (χ3n) is 2.59. The summed E-state index contributed by atoms with van der Waals surface area (Å²) in [5.41, 5.74) is 0. The van der Waals surface area contributed by atoms with Crippen molar-refractivity contribution >= 4 is 12.4 Å². The number of hydrogen-bond donors (Lipinski definition) is 1. The van der Waals surface area contributed by atoms with Crippen molar-refractivity contribution in [3.8, 4) is 0 Å². The summed E-state index contributed by atoms with van der Waals surface area (Å²) in [6, 6.07) is 0.770. The lowest BCUT2D eigenvalue weighted by atomic mass is 10.2. The summed E-state index contributed by atoms with van der Waals surface area (Å²) in [5.74, 6) is 0. The second kappa shape index (κ2) is 7.60. The molecule has 1 saturated heterocycles. The molecule has 2 nitrogen and oxygen atoms in total.